The van der Waals surface area contributed by atoms with Crippen LogP contribution in [0.25, 0.3) is 0 Å². The molecule has 1 saturated heterocycles. The standard InChI is InChI=1S/C12H19N3/c1-15-8-10(7-13)11(14)12(15)9-5-3-2-4-6-9/h2-6,10-12H,7-8,13-14H2,1H3. The summed E-state index contributed by atoms with van der Waals surface area (Å²) in [5.74, 6) is 0.417. The summed E-state index contributed by atoms with van der Waals surface area (Å²) in [7, 11) is 2.12. The molecule has 1 aliphatic rings. The highest BCUT2D eigenvalue weighted by Gasteiger charge is 2.37. The SMILES string of the molecule is CN1CC(CN)C(N)C1c1ccccc1. The highest BCUT2D eigenvalue weighted by Crippen LogP contribution is 2.32. The maximum absolute atomic E-state index is 6.23. The molecule has 0 radical (unpaired) electrons. The monoisotopic (exact) mass is 205 g/mol. The van der Waals surface area contributed by atoms with Crippen LogP contribution in [0.4, 0.5) is 0 Å². The van der Waals surface area contributed by atoms with Crippen molar-refractivity contribution in [3.05, 3.63) is 35.9 Å². The molecule has 0 amide bonds. The van der Waals surface area contributed by atoms with Crippen LogP contribution in [-0.2, 0) is 0 Å². The van der Waals surface area contributed by atoms with Crippen LogP contribution in [0.5, 0.6) is 0 Å². The zero-order valence-corrected chi connectivity index (χ0v) is 9.13. The zero-order chi connectivity index (χ0) is 10.8. The Morgan fingerprint density at radius 3 is 2.53 bits per heavy atom. The summed E-state index contributed by atoms with van der Waals surface area (Å²) >= 11 is 0. The van der Waals surface area contributed by atoms with E-state index in [1.165, 1.54) is 5.56 Å². The molecule has 3 atom stereocenters. The molecule has 3 unspecified atom stereocenters. The van der Waals surface area contributed by atoms with Gasteiger partial charge in [-0.15, -0.1) is 0 Å². The lowest BCUT2D eigenvalue weighted by molar-refractivity contribution is 0.303. The lowest BCUT2D eigenvalue weighted by Gasteiger charge is -2.23. The van der Waals surface area contributed by atoms with E-state index in [1.54, 1.807) is 0 Å². The quantitative estimate of drug-likeness (QED) is 0.742. The van der Waals surface area contributed by atoms with Gasteiger partial charge >= 0.3 is 0 Å². The topological polar surface area (TPSA) is 55.3 Å². The zero-order valence-electron chi connectivity index (χ0n) is 9.13. The molecule has 0 spiro atoms. The summed E-state index contributed by atoms with van der Waals surface area (Å²) < 4.78 is 0. The molecule has 1 heterocycles. The van der Waals surface area contributed by atoms with Gasteiger partial charge in [0.15, 0.2) is 0 Å². The van der Waals surface area contributed by atoms with Gasteiger partial charge in [0.25, 0.3) is 0 Å². The maximum Gasteiger partial charge on any atom is 0.0500 e. The third-order valence-electron chi connectivity index (χ3n) is 3.35. The number of hydrogen-bond acceptors (Lipinski definition) is 3. The second-order valence-corrected chi connectivity index (χ2v) is 4.37. The highest BCUT2D eigenvalue weighted by atomic mass is 15.2. The molecule has 0 aliphatic carbocycles. The van der Waals surface area contributed by atoms with Gasteiger partial charge in [0.05, 0.1) is 0 Å². The molecule has 3 heteroatoms. The van der Waals surface area contributed by atoms with Crippen molar-refractivity contribution < 1.29 is 0 Å². The molecule has 15 heavy (non-hydrogen) atoms. The van der Waals surface area contributed by atoms with Gasteiger partial charge in [0, 0.05) is 24.5 Å². The molecule has 82 valence electrons. The molecule has 1 aliphatic heterocycles. The Labute approximate surface area is 91.1 Å². The number of hydrogen-bond donors (Lipinski definition) is 2. The molecule has 1 fully saturated rings. The van der Waals surface area contributed by atoms with E-state index in [-0.39, 0.29) is 6.04 Å². The summed E-state index contributed by atoms with van der Waals surface area (Å²) in [6.45, 7) is 1.67. The molecular formula is C12H19N3. The van der Waals surface area contributed by atoms with Crippen molar-refractivity contribution in [1.29, 1.82) is 0 Å². The van der Waals surface area contributed by atoms with Crippen LogP contribution in [0.2, 0.25) is 0 Å². The molecule has 0 bridgehead atoms. The Morgan fingerprint density at radius 1 is 1.33 bits per heavy atom. The van der Waals surface area contributed by atoms with Gasteiger partial charge in [-0.1, -0.05) is 30.3 Å². The first-order valence-electron chi connectivity index (χ1n) is 5.45. The van der Waals surface area contributed by atoms with Gasteiger partial charge in [-0.05, 0) is 19.2 Å². The molecule has 1 aromatic rings. The molecule has 4 N–H and O–H groups in total. The first-order chi connectivity index (χ1) is 7.24. The second kappa shape index (κ2) is 4.31. The third kappa shape index (κ3) is 1.91. The van der Waals surface area contributed by atoms with Crippen molar-refractivity contribution >= 4 is 0 Å². The molecule has 3 nitrogen and oxygen atoms in total. The Morgan fingerprint density at radius 2 is 2.00 bits per heavy atom. The van der Waals surface area contributed by atoms with E-state index in [0.29, 0.717) is 18.5 Å². The molecular weight excluding hydrogens is 186 g/mol. The minimum absolute atomic E-state index is 0.155. The van der Waals surface area contributed by atoms with Crippen molar-refractivity contribution in [3.63, 3.8) is 0 Å². The fourth-order valence-electron chi connectivity index (χ4n) is 2.52. The summed E-state index contributed by atoms with van der Waals surface area (Å²) in [4.78, 5) is 2.30. The van der Waals surface area contributed by atoms with Crippen LogP contribution in [0.3, 0.4) is 0 Å². The van der Waals surface area contributed by atoms with Crippen LogP contribution in [0.15, 0.2) is 30.3 Å². The molecule has 2 rings (SSSR count). The van der Waals surface area contributed by atoms with Crippen molar-refractivity contribution in [2.75, 3.05) is 20.1 Å². The van der Waals surface area contributed by atoms with Gasteiger partial charge < -0.3 is 11.5 Å². The van der Waals surface area contributed by atoms with Crippen molar-refractivity contribution in [3.8, 4) is 0 Å². The Bertz CT molecular complexity index is 312. The van der Waals surface area contributed by atoms with E-state index in [9.17, 15) is 0 Å². The summed E-state index contributed by atoms with van der Waals surface area (Å²) in [6, 6.07) is 10.9. The van der Waals surface area contributed by atoms with Crippen molar-refractivity contribution in [1.82, 2.24) is 4.90 Å². The van der Waals surface area contributed by atoms with Crippen molar-refractivity contribution in [2.24, 2.45) is 17.4 Å². The highest BCUT2D eigenvalue weighted by molar-refractivity contribution is 5.22. The number of nitrogens with two attached hydrogens (primary N) is 2. The fourth-order valence-corrected chi connectivity index (χ4v) is 2.52. The third-order valence-corrected chi connectivity index (χ3v) is 3.35. The average molecular weight is 205 g/mol. The van der Waals surface area contributed by atoms with Crippen LogP contribution in [-0.4, -0.2) is 31.1 Å². The van der Waals surface area contributed by atoms with Crippen LogP contribution >= 0.6 is 0 Å². The van der Waals surface area contributed by atoms with E-state index < -0.39 is 0 Å². The lowest BCUT2D eigenvalue weighted by atomic mass is 9.95. The number of rotatable bonds is 2. The predicted octanol–water partition coefficient (Wildman–Crippen LogP) is 0.575. The number of likely N-dealkylation sites (N-methyl/N-ethyl adjacent to an activating group) is 1. The normalized spacial score (nSPS) is 32.1. The second-order valence-electron chi connectivity index (χ2n) is 4.37. The molecule has 0 aromatic heterocycles. The predicted molar refractivity (Wildman–Crippen MR) is 62.3 cm³/mol. The van der Waals surface area contributed by atoms with Crippen molar-refractivity contribution in [2.45, 2.75) is 12.1 Å². The Hall–Kier alpha value is -0.900. The smallest absolute Gasteiger partial charge is 0.0500 e. The van der Waals surface area contributed by atoms with Crippen LogP contribution in [0.1, 0.15) is 11.6 Å². The minimum atomic E-state index is 0.155. The van der Waals surface area contributed by atoms with Gasteiger partial charge in [-0.25, -0.2) is 0 Å². The average Bonchev–Trinajstić information content (AvgIpc) is 2.55. The van der Waals surface area contributed by atoms with Gasteiger partial charge in [0.2, 0.25) is 0 Å². The number of nitrogens with zero attached hydrogens (tertiary/aromatic N) is 1. The van der Waals surface area contributed by atoms with E-state index in [1.807, 2.05) is 6.07 Å². The van der Waals surface area contributed by atoms with E-state index in [4.69, 9.17) is 11.5 Å². The molecule has 0 saturated carbocycles. The van der Waals surface area contributed by atoms with E-state index in [0.717, 1.165) is 6.54 Å². The van der Waals surface area contributed by atoms with Crippen LogP contribution in [0, 0.1) is 5.92 Å². The first kappa shape index (κ1) is 10.6. The summed E-state index contributed by atoms with van der Waals surface area (Å²) in [6.07, 6.45) is 0. The van der Waals surface area contributed by atoms with Gasteiger partial charge in [-0.3, -0.25) is 4.90 Å². The summed E-state index contributed by atoms with van der Waals surface area (Å²) in [5, 5.41) is 0. The molecule has 1 aromatic carbocycles. The first-order valence-corrected chi connectivity index (χ1v) is 5.45. The van der Waals surface area contributed by atoms with Gasteiger partial charge in [-0.2, -0.15) is 0 Å². The van der Waals surface area contributed by atoms with Crippen LogP contribution < -0.4 is 11.5 Å². The fraction of sp³-hybridized carbons (Fsp3) is 0.500. The van der Waals surface area contributed by atoms with E-state index >= 15 is 0 Å². The maximum atomic E-state index is 6.23. The number of likely N-dealkylation sites (tertiary alicyclic amines) is 1. The minimum Gasteiger partial charge on any atom is -0.330 e. The largest absolute Gasteiger partial charge is 0.330 e. The van der Waals surface area contributed by atoms with E-state index in [2.05, 4.69) is 36.2 Å². The Kier molecular flexibility index (Phi) is 3.05. The Balaban J connectivity index is 2.23. The van der Waals surface area contributed by atoms with Gasteiger partial charge in [0.1, 0.15) is 0 Å². The number of benzene rings is 1. The lowest BCUT2D eigenvalue weighted by Crippen LogP contribution is -2.35. The summed E-state index contributed by atoms with van der Waals surface area (Å²) in [5.41, 5.74) is 13.2.